The molecule has 0 bridgehead atoms. The highest BCUT2D eigenvalue weighted by molar-refractivity contribution is 5.92. The predicted octanol–water partition coefficient (Wildman–Crippen LogP) is 0.466. The van der Waals surface area contributed by atoms with E-state index in [2.05, 4.69) is 10.1 Å². The van der Waals surface area contributed by atoms with Crippen LogP contribution in [0.5, 0.6) is 0 Å². The summed E-state index contributed by atoms with van der Waals surface area (Å²) in [6.07, 6.45) is 0. The third kappa shape index (κ3) is 4.47. The van der Waals surface area contributed by atoms with Crippen LogP contribution in [-0.2, 0) is 14.3 Å². The third-order valence-corrected chi connectivity index (χ3v) is 2.27. The van der Waals surface area contributed by atoms with Crippen LogP contribution in [0.2, 0.25) is 0 Å². The molecule has 1 aromatic carbocycles. The fraction of sp³-hybridized carbons (Fsp3) is 0.333. The van der Waals surface area contributed by atoms with Gasteiger partial charge in [0.1, 0.15) is 11.6 Å². The zero-order valence-electron chi connectivity index (χ0n) is 10.7. The van der Waals surface area contributed by atoms with Crippen molar-refractivity contribution in [1.29, 1.82) is 0 Å². The number of esters is 1. The van der Waals surface area contributed by atoms with Gasteiger partial charge in [0.2, 0.25) is 0 Å². The molecule has 0 atom stereocenters. The number of carbonyl (C=O) groups is 2. The number of nitrogens with two attached hydrogens (primary N) is 1. The van der Waals surface area contributed by atoms with E-state index in [1.54, 1.807) is 0 Å². The monoisotopic (exact) mass is 288 g/mol. The van der Waals surface area contributed by atoms with Crippen molar-refractivity contribution in [3.63, 3.8) is 0 Å². The molecule has 8 heteroatoms. The van der Waals surface area contributed by atoms with Crippen molar-refractivity contribution >= 4 is 17.6 Å². The topological polar surface area (TPSA) is 90.6 Å². The Morgan fingerprint density at radius 2 is 2.00 bits per heavy atom. The molecule has 0 aromatic heterocycles. The van der Waals surface area contributed by atoms with Gasteiger partial charge >= 0.3 is 5.97 Å². The molecule has 0 saturated carbocycles. The van der Waals surface area contributed by atoms with Crippen LogP contribution in [-0.4, -0.2) is 38.7 Å². The molecule has 0 radical (unpaired) electrons. The molecule has 1 rings (SSSR count). The summed E-state index contributed by atoms with van der Waals surface area (Å²) in [4.78, 5) is 22.7. The second kappa shape index (κ2) is 7.39. The Balaban J connectivity index is 2.55. The molecule has 0 unspecified atom stereocenters. The molecule has 1 amide bonds. The summed E-state index contributed by atoms with van der Waals surface area (Å²) in [7, 11) is 1.46. The van der Waals surface area contributed by atoms with Crippen LogP contribution in [0.15, 0.2) is 12.1 Å². The van der Waals surface area contributed by atoms with Crippen LogP contribution in [0.3, 0.4) is 0 Å². The van der Waals surface area contributed by atoms with Gasteiger partial charge in [-0.05, 0) is 6.07 Å². The van der Waals surface area contributed by atoms with Gasteiger partial charge in [0, 0.05) is 19.7 Å². The van der Waals surface area contributed by atoms with Crippen LogP contribution < -0.4 is 11.1 Å². The second-order valence-electron chi connectivity index (χ2n) is 3.77. The van der Waals surface area contributed by atoms with Crippen LogP contribution >= 0.6 is 0 Å². The highest BCUT2D eigenvalue weighted by Gasteiger charge is 2.17. The maximum Gasteiger partial charge on any atom is 0.341 e. The van der Waals surface area contributed by atoms with Crippen LogP contribution in [0.25, 0.3) is 0 Å². The van der Waals surface area contributed by atoms with E-state index in [0.29, 0.717) is 18.7 Å². The summed E-state index contributed by atoms with van der Waals surface area (Å²) in [5, 5.41) is 2.40. The Morgan fingerprint density at radius 3 is 2.65 bits per heavy atom. The predicted molar refractivity (Wildman–Crippen MR) is 65.9 cm³/mol. The van der Waals surface area contributed by atoms with Crippen molar-refractivity contribution in [3.05, 3.63) is 29.3 Å². The van der Waals surface area contributed by atoms with E-state index in [0.717, 1.165) is 0 Å². The fourth-order valence-electron chi connectivity index (χ4n) is 1.27. The number of anilines is 1. The lowest BCUT2D eigenvalue weighted by molar-refractivity contribution is -0.124. The van der Waals surface area contributed by atoms with E-state index in [1.165, 1.54) is 7.11 Å². The normalized spacial score (nSPS) is 10.2. The summed E-state index contributed by atoms with van der Waals surface area (Å²) in [5.74, 6) is -3.69. The Morgan fingerprint density at radius 1 is 1.30 bits per heavy atom. The maximum absolute atomic E-state index is 13.4. The zero-order valence-corrected chi connectivity index (χ0v) is 10.7. The van der Waals surface area contributed by atoms with Crippen molar-refractivity contribution in [2.75, 3.05) is 32.6 Å². The van der Waals surface area contributed by atoms with Gasteiger partial charge in [-0.25, -0.2) is 13.6 Å². The SMILES string of the molecule is COCCNC(=O)COC(=O)c1cc(F)c(N)cc1F. The van der Waals surface area contributed by atoms with Crippen LogP contribution in [0.1, 0.15) is 10.4 Å². The third-order valence-electron chi connectivity index (χ3n) is 2.27. The second-order valence-corrected chi connectivity index (χ2v) is 3.77. The molecule has 0 saturated heterocycles. The average molecular weight is 288 g/mol. The molecular weight excluding hydrogens is 274 g/mol. The van der Waals surface area contributed by atoms with Gasteiger partial charge < -0.3 is 20.5 Å². The number of amides is 1. The van der Waals surface area contributed by atoms with Crippen molar-refractivity contribution in [2.24, 2.45) is 0 Å². The number of ether oxygens (including phenoxy) is 2. The standard InChI is InChI=1S/C12H14F2N2O4/c1-19-3-2-16-11(17)6-20-12(18)7-4-9(14)10(15)5-8(7)13/h4-5H,2-3,6,15H2,1H3,(H,16,17). The minimum atomic E-state index is -1.15. The van der Waals surface area contributed by atoms with E-state index in [-0.39, 0.29) is 6.54 Å². The van der Waals surface area contributed by atoms with E-state index < -0.39 is 41.4 Å². The highest BCUT2D eigenvalue weighted by atomic mass is 19.1. The summed E-state index contributed by atoms with van der Waals surface area (Å²) in [5.41, 5.74) is 4.09. The van der Waals surface area contributed by atoms with E-state index in [4.69, 9.17) is 10.5 Å². The Kier molecular flexibility index (Phi) is 5.85. The molecule has 6 nitrogen and oxygen atoms in total. The first kappa shape index (κ1) is 15.8. The van der Waals surface area contributed by atoms with Gasteiger partial charge in [-0.1, -0.05) is 0 Å². The lowest BCUT2D eigenvalue weighted by atomic mass is 10.2. The molecular formula is C12H14F2N2O4. The average Bonchev–Trinajstić information content (AvgIpc) is 2.40. The molecule has 0 aliphatic heterocycles. The van der Waals surface area contributed by atoms with Gasteiger partial charge in [-0.2, -0.15) is 0 Å². The summed E-state index contributed by atoms with van der Waals surface area (Å²) in [6.45, 7) is -0.0524. The molecule has 0 heterocycles. The van der Waals surface area contributed by atoms with Gasteiger partial charge in [0.15, 0.2) is 6.61 Å². The number of nitrogens with one attached hydrogen (secondary N) is 1. The summed E-state index contributed by atoms with van der Waals surface area (Å²) < 4.78 is 35.8. The van der Waals surface area contributed by atoms with Crippen molar-refractivity contribution in [2.45, 2.75) is 0 Å². The lowest BCUT2D eigenvalue weighted by Gasteiger charge is -2.07. The fourth-order valence-corrected chi connectivity index (χ4v) is 1.27. The summed E-state index contributed by atoms with van der Waals surface area (Å²) >= 11 is 0. The molecule has 1 aromatic rings. The highest BCUT2D eigenvalue weighted by Crippen LogP contribution is 2.17. The van der Waals surface area contributed by atoms with E-state index in [9.17, 15) is 18.4 Å². The lowest BCUT2D eigenvalue weighted by Crippen LogP contribution is -2.31. The van der Waals surface area contributed by atoms with Gasteiger partial charge in [-0.3, -0.25) is 4.79 Å². The van der Waals surface area contributed by atoms with Gasteiger partial charge in [0.25, 0.3) is 5.91 Å². The number of hydrogen-bond acceptors (Lipinski definition) is 5. The van der Waals surface area contributed by atoms with Crippen molar-refractivity contribution in [3.8, 4) is 0 Å². The Hall–Kier alpha value is -2.22. The van der Waals surface area contributed by atoms with Crippen LogP contribution in [0.4, 0.5) is 14.5 Å². The molecule has 0 spiro atoms. The largest absolute Gasteiger partial charge is 0.452 e. The molecule has 3 N–H and O–H groups in total. The number of benzene rings is 1. The number of carbonyl (C=O) groups excluding carboxylic acids is 2. The zero-order chi connectivity index (χ0) is 15.1. The quantitative estimate of drug-likeness (QED) is 0.451. The number of nitrogen functional groups attached to an aromatic ring is 1. The molecule has 20 heavy (non-hydrogen) atoms. The van der Waals surface area contributed by atoms with Crippen molar-refractivity contribution in [1.82, 2.24) is 5.32 Å². The van der Waals surface area contributed by atoms with Gasteiger partial charge in [-0.15, -0.1) is 0 Å². The number of halogens is 2. The number of rotatable bonds is 6. The smallest absolute Gasteiger partial charge is 0.341 e. The first-order chi connectivity index (χ1) is 9.45. The van der Waals surface area contributed by atoms with E-state index >= 15 is 0 Å². The van der Waals surface area contributed by atoms with Crippen molar-refractivity contribution < 1.29 is 27.8 Å². The number of methoxy groups -OCH3 is 1. The molecule has 0 aliphatic rings. The van der Waals surface area contributed by atoms with Crippen LogP contribution in [0, 0.1) is 11.6 Å². The Labute approximate surface area is 113 Å². The first-order valence-electron chi connectivity index (χ1n) is 5.63. The molecule has 110 valence electrons. The minimum Gasteiger partial charge on any atom is -0.452 e. The number of hydrogen-bond donors (Lipinski definition) is 2. The van der Waals surface area contributed by atoms with E-state index in [1.807, 2.05) is 0 Å². The maximum atomic E-state index is 13.4. The molecule has 0 aliphatic carbocycles. The minimum absolute atomic E-state index is 0.248. The van der Waals surface area contributed by atoms with Gasteiger partial charge in [0.05, 0.1) is 17.9 Å². The summed E-state index contributed by atoms with van der Waals surface area (Å²) in [6, 6.07) is 1.29. The molecule has 0 fully saturated rings. The Bertz CT molecular complexity index is 508. The first-order valence-corrected chi connectivity index (χ1v) is 5.63.